The molecule has 0 heterocycles. The summed E-state index contributed by atoms with van der Waals surface area (Å²) >= 11 is 3.64. The summed E-state index contributed by atoms with van der Waals surface area (Å²) in [4.78, 5) is 0. The van der Waals surface area contributed by atoms with Gasteiger partial charge in [-0.3, -0.25) is 0 Å². The number of hydrogen-bond acceptors (Lipinski definition) is 2. The van der Waals surface area contributed by atoms with Crippen molar-refractivity contribution in [3.8, 4) is 0 Å². The highest BCUT2D eigenvalue weighted by Gasteiger charge is 2.58. The minimum absolute atomic E-state index is 0.416. The summed E-state index contributed by atoms with van der Waals surface area (Å²) in [5, 5.41) is 3.74. The molecule has 1 aromatic rings. The van der Waals surface area contributed by atoms with Crippen LogP contribution in [0.15, 0.2) is 22.7 Å². The fourth-order valence-corrected chi connectivity index (χ4v) is 3.94. The molecule has 0 aromatic heterocycles. The van der Waals surface area contributed by atoms with Crippen LogP contribution in [0.3, 0.4) is 0 Å². The van der Waals surface area contributed by atoms with Gasteiger partial charge in [0.05, 0.1) is 6.10 Å². The SMILES string of the molecule is CCOC1CC(Nc2cc(C)ccc2Br)C12CCC2. The lowest BCUT2D eigenvalue weighted by Gasteiger charge is -2.61. The predicted octanol–water partition coefficient (Wildman–Crippen LogP) is 4.52. The van der Waals surface area contributed by atoms with Crippen LogP contribution in [-0.4, -0.2) is 18.8 Å². The van der Waals surface area contributed by atoms with Gasteiger partial charge >= 0.3 is 0 Å². The Hall–Kier alpha value is -0.540. The number of benzene rings is 1. The molecular formula is C16H22BrNO. The van der Waals surface area contributed by atoms with E-state index in [1.165, 1.54) is 30.5 Å². The normalized spacial score (nSPS) is 27.7. The summed E-state index contributed by atoms with van der Waals surface area (Å²) in [6.07, 6.45) is 5.62. The summed E-state index contributed by atoms with van der Waals surface area (Å²) in [6.45, 7) is 5.08. The maximum Gasteiger partial charge on any atom is 0.0670 e. The van der Waals surface area contributed by atoms with Crippen LogP contribution < -0.4 is 5.32 Å². The second-order valence-electron chi connectivity index (χ2n) is 5.95. The van der Waals surface area contributed by atoms with Crippen LogP contribution >= 0.6 is 15.9 Å². The van der Waals surface area contributed by atoms with Crippen molar-refractivity contribution in [2.24, 2.45) is 5.41 Å². The van der Waals surface area contributed by atoms with Crippen LogP contribution in [0.2, 0.25) is 0 Å². The quantitative estimate of drug-likeness (QED) is 0.879. The molecule has 2 aliphatic carbocycles. The highest BCUT2D eigenvalue weighted by molar-refractivity contribution is 9.10. The molecule has 3 rings (SSSR count). The lowest BCUT2D eigenvalue weighted by Crippen LogP contribution is -2.64. The van der Waals surface area contributed by atoms with E-state index in [0.717, 1.165) is 17.5 Å². The second-order valence-corrected chi connectivity index (χ2v) is 6.80. The minimum Gasteiger partial charge on any atom is -0.381 e. The molecule has 0 aliphatic heterocycles. The molecule has 2 aliphatic rings. The van der Waals surface area contributed by atoms with Gasteiger partial charge in [0.25, 0.3) is 0 Å². The molecule has 3 heteroatoms. The molecule has 2 fully saturated rings. The number of halogens is 1. The topological polar surface area (TPSA) is 21.3 Å². The molecule has 2 saturated carbocycles. The third-order valence-electron chi connectivity index (χ3n) is 4.89. The number of hydrogen-bond donors (Lipinski definition) is 1. The van der Waals surface area contributed by atoms with Crippen LogP contribution in [0.1, 0.15) is 38.2 Å². The van der Waals surface area contributed by atoms with Crippen LogP contribution in [0, 0.1) is 12.3 Å². The van der Waals surface area contributed by atoms with Crippen molar-refractivity contribution in [3.05, 3.63) is 28.2 Å². The Morgan fingerprint density at radius 2 is 2.21 bits per heavy atom. The third-order valence-corrected chi connectivity index (χ3v) is 5.58. The van der Waals surface area contributed by atoms with E-state index in [4.69, 9.17) is 4.74 Å². The fraction of sp³-hybridized carbons (Fsp3) is 0.625. The van der Waals surface area contributed by atoms with Gasteiger partial charge in [-0.1, -0.05) is 12.5 Å². The molecule has 0 radical (unpaired) electrons. The van der Waals surface area contributed by atoms with Crippen molar-refractivity contribution in [1.29, 1.82) is 0 Å². The molecule has 2 atom stereocenters. The average molecular weight is 324 g/mol. The zero-order valence-electron chi connectivity index (χ0n) is 11.7. The van der Waals surface area contributed by atoms with Gasteiger partial charge < -0.3 is 10.1 Å². The first-order chi connectivity index (χ1) is 9.15. The molecule has 2 unspecified atom stereocenters. The molecule has 2 nitrogen and oxygen atoms in total. The predicted molar refractivity (Wildman–Crippen MR) is 82.6 cm³/mol. The monoisotopic (exact) mass is 323 g/mol. The maximum atomic E-state index is 5.91. The van der Waals surface area contributed by atoms with E-state index in [-0.39, 0.29) is 0 Å². The van der Waals surface area contributed by atoms with E-state index in [2.05, 4.69) is 53.3 Å². The van der Waals surface area contributed by atoms with Gasteiger partial charge in [0.1, 0.15) is 0 Å². The number of anilines is 1. The van der Waals surface area contributed by atoms with E-state index >= 15 is 0 Å². The van der Waals surface area contributed by atoms with Gasteiger partial charge in [-0.25, -0.2) is 0 Å². The summed E-state index contributed by atoms with van der Waals surface area (Å²) in [6, 6.07) is 7.07. The van der Waals surface area contributed by atoms with Gasteiger partial charge in [0, 0.05) is 28.2 Å². The second kappa shape index (κ2) is 5.10. The van der Waals surface area contributed by atoms with Gasteiger partial charge in [-0.2, -0.15) is 0 Å². The van der Waals surface area contributed by atoms with Crippen molar-refractivity contribution in [2.45, 2.75) is 51.7 Å². The molecule has 0 bridgehead atoms. The van der Waals surface area contributed by atoms with Crippen LogP contribution in [0.5, 0.6) is 0 Å². The molecule has 0 amide bonds. The third kappa shape index (κ3) is 2.21. The fourth-order valence-electron chi connectivity index (χ4n) is 3.58. The molecule has 104 valence electrons. The molecular weight excluding hydrogens is 302 g/mol. The zero-order valence-corrected chi connectivity index (χ0v) is 13.3. The van der Waals surface area contributed by atoms with Crippen molar-refractivity contribution >= 4 is 21.6 Å². The lowest BCUT2D eigenvalue weighted by atomic mass is 9.51. The largest absolute Gasteiger partial charge is 0.381 e. The average Bonchev–Trinajstić information content (AvgIpc) is 2.30. The smallest absolute Gasteiger partial charge is 0.0670 e. The Morgan fingerprint density at radius 3 is 2.84 bits per heavy atom. The van der Waals surface area contributed by atoms with Crippen molar-refractivity contribution < 1.29 is 4.74 Å². The highest BCUT2D eigenvalue weighted by Crippen LogP contribution is 2.58. The zero-order chi connectivity index (χ0) is 13.5. The first kappa shape index (κ1) is 13.4. The molecule has 19 heavy (non-hydrogen) atoms. The Labute approximate surface area is 124 Å². The minimum atomic E-state index is 0.416. The number of aryl methyl sites for hydroxylation is 1. The van der Waals surface area contributed by atoms with Crippen molar-refractivity contribution in [1.82, 2.24) is 0 Å². The Balaban J connectivity index is 1.72. The number of ether oxygens (including phenoxy) is 1. The standard InChI is InChI=1S/C16H22BrNO/c1-3-19-15-10-14(16(15)7-4-8-16)18-13-9-11(2)5-6-12(13)17/h5-6,9,14-15,18H,3-4,7-8,10H2,1-2H3. The Bertz CT molecular complexity index is 470. The molecule has 1 aromatic carbocycles. The van der Waals surface area contributed by atoms with E-state index in [1.807, 2.05) is 0 Å². The van der Waals surface area contributed by atoms with Gasteiger partial charge in [0.2, 0.25) is 0 Å². The summed E-state index contributed by atoms with van der Waals surface area (Å²) in [7, 11) is 0. The molecule has 1 N–H and O–H groups in total. The number of nitrogens with one attached hydrogen (secondary N) is 1. The van der Waals surface area contributed by atoms with E-state index in [1.54, 1.807) is 0 Å². The lowest BCUT2D eigenvalue weighted by molar-refractivity contribution is -0.157. The first-order valence-electron chi connectivity index (χ1n) is 7.30. The van der Waals surface area contributed by atoms with Crippen LogP contribution in [0.25, 0.3) is 0 Å². The highest BCUT2D eigenvalue weighted by atomic mass is 79.9. The first-order valence-corrected chi connectivity index (χ1v) is 8.09. The summed E-state index contributed by atoms with van der Waals surface area (Å²) in [5.74, 6) is 0. The van der Waals surface area contributed by atoms with Gasteiger partial charge in [-0.15, -0.1) is 0 Å². The number of rotatable bonds is 4. The molecule has 1 spiro atoms. The van der Waals surface area contributed by atoms with E-state index in [0.29, 0.717) is 17.6 Å². The Morgan fingerprint density at radius 1 is 1.42 bits per heavy atom. The van der Waals surface area contributed by atoms with E-state index in [9.17, 15) is 0 Å². The van der Waals surface area contributed by atoms with Gasteiger partial charge in [0.15, 0.2) is 0 Å². The molecule has 0 saturated heterocycles. The Kier molecular flexibility index (Phi) is 3.61. The van der Waals surface area contributed by atoms with E-state index < -0.39 is 0 Å². The summed E-state index contributed by atoms with van der Waals surface area (Å²) in [5.41, 5.74) is 2.94. The summed E-state index contributed by atoms with van der Waals surface area (Å²) < 4.78 is 7.07. The maximum absolute atomic E-state index is 5.91. The van der Waals surface area contributed by atoms with Crippen molar-refractivity contribution in [2.75, 3.05) is 11.9 Å². The van der Waals surface area contributed by atoms with Gasteiger partial charge in [-0.05, 0) is 66.7 Å². The van der Waals surface area contributed by atoms with Crippen LogP contribution in [0.4, 0.5) is 5.69 Å². The van der Waals surface area contributed by atoms with Crippen LogP contribution in [-0.2, 0) is 4.74 Å². The van der Waals surface area contributed by atoms with Crippen molar-refractivity contribution in [3.63, 3.8) is 0 Å².